The summed E-state index contributed by atoms with van der Waals surface area (Å²) in [5, 5.41) is 0. The van der Waals surface area contributed by atoms with Gasteiger partial charge in [0.15, 0.2) is 11.5 Å². The zero-order valence-electron chi connectivity index (χ0n) is 18.3. The minimum absolute atomic E-state index is 0.0511. The van der Waals surface area contributed by atoms with Crippen LogP contribution >= 0.6 is 0 Å². The van der Waals surface area contributed by atoms with Crippen molar-refractivity contribution in [1.29, 1.82) is 0 Å². The summed E-state index contributed by atoms with van der Waals surface area (Å²) in [5.41, 5.74) is 6.37. The lowest BCUT2D eigenvalue weighted by atomic mass is 9.81. The third-order valence-electron chi connectivity index (χ3n) is 6.35. The third kappa shape index (κ3) is 3.40. The second kappa shape index (κ2) is 8.06. The summed E-state index contributed by atoms with van der Waals surface area (Å²) in [6.45, 7) is 2.28. The molecule has 4 aromatic rings. The fraction of sp³-hybridized carbons (Fsp3) is 0.103. The van der Waals surface area contributed by atoms with Crippen LogP contribution in [0.4, 0.5) is 11.4 Å². The van der Waals surface area contributed by atoms with Gasteiger partial charge in [-0.1, -0.05) is 49.4 Å². The number of rotatable bonds is 3. The van der Waals surface area contributed by atoms with Crippen molar-refractivity contribution in [3.63, 3.8) is 0 Å². The molecular formula is C29H23N3O. The zero-order chi connectivity index (χ0) is 22.2. The Morgan fingerprint density at radius 3 is 1.88 bits per heavy atom. The van der Waals surface area contributed by atoms with Gasteiger partial charge in [0.1, 0.15) is 0 Å². The van der Waals surface area contributed by atoms with Crippen LogP contribution in [0.5, 0.6) is 11.5 Å². The van der Waals surface area contributed by atoms with E-state index in [0.29, 0.717) is 0 Å². The molecule has 0 saturated carbocycles. The molecule has 2 aromatic heterocycles. The summed E-state index contributed by atoms with van der Waals surface area (Å²) in [7, 11) is 0. The lowest BCUT2D eigenvalue weighted by molar-refractivity contribution is 0.465. The number of anilines is 2. The summed E-state index contributed by atoms with van der Waals surface area (Å²) < 4.78 is 6.26. The highest BCUT2D eigenvalue weighted by molar-refractivity contribution is 5.88. The first-order chi connectivity index (χ1) is 16.3. The molecule has 0 N–H and O–H groups in total. The molecule has 0 bridgehead atoms. The molecule has 33 heavy (non-hydrogen) atoms. The molecule has 0 amide bonds. The van der Waals surface area contributed by atoms with E-state index in [2.05, 4.69) is 65.4 Å². The Morgan fingerprint density at radius 2 is 1.27 bits per heavy atom. The van der Waals surface area contributed by atoms with Crippen LogP contribution in [0.15, 0.2) is 109 Å². The number of nitrogens with zero attached hydrogens (tertiary/aromatic N) is 3. The fourth-order valence-corrected chi connectivity index (χ4v) is 4.75. The normalized spacial score (nSPS) is 19.0. The van der Waals surface area contributed by atoms with E-state index in [-0.39, 0.29) is 12.0 Å². The average molecular weight is 430 g/mol. The van der Waals surface area contributed by atoms with E-state index in [1.165, 1.54) is 5.57 Å². The molecule has 6 rings (SSSR count). The molecule has 3 heterocycles. The van der Waals surface area contributed by atoms with Gasteiger partial charge in [-0.05, 0) is 65.8 Å². The average Bonchev–Trinajstić information content (AvgIpc) is 2.88. The number of para-hydroxylation sites is 4. The van der Waals surface area contributed by atoms with E-state index in [4.69, 9.17) is 9.72 Å². The smallest absolute Gasteiger partial charge is 0.151 e. The minimum atomic E-state index is 0.0511. The van der Waals surface area contributed by atoms with E-state index < -0.39 is 0 Å². The number of aromatic nitrogens is 2. The van der Waals surface area contributed by atoms with Crippen molar-refractivity contribution < 1.29 is 4.74 Å². The van der Waals surface area contributed by atoms with Gasteiger partial charge in [0, 0.05) is 18.3 Å². The molecular weight excluding hydrogens is 406 g/mol. The van der Waals surface area contributed by atoms with Crippen LogP contribution in [0.25, 0.3) is 11.1 Å². The first-order valence-electron chi connectivity index (χ1n) is 11.2. The van der Waals surface area contributed by atoms with Crippen molar-refractivity contribution in [2.24, 2.45) is 5.92 Å². The Hall–Kier alpha value is -4.18. The van der Waals surface area contributed by atoms with Gasteiger partial charge >= 0.3 is 0 Å². The van der Waals surface area contributed by atoms with E-state index in [1.807, 2.05) is 60.9 Å². The summed E-state index contributed by atoms with van der Waals surface area (Å²) in [4.78, 5) is 11.7. The van der Waals surface area contributed by atoms with Crippen molar-refractivity contribution in [3.05, 3.63) is 121 Å². The maximum atomic E-state index is 6.26. The Labute approximate surface area is 193 Å². The van der Waals surface area contributed by atoms with E-state index in [1.54, 1.807) is 0 Å². The Morgan fingerprint density at radius 1 is 0.697 bits per heavy atom. The van der Waals surface area contributed by atoms with Gasteiger partial charge in [-0.25, -0.2) is 0 Å². The number of pyridine rings is 2. The summed E-state index contributed by atoms with van der Waals surface area (Å²) in [6, 6.07) is 28.7. The lowest BCUT2D eigenvalue weighted by Gasteiger charge is -2.42. The van der Waals surface area contributed by atoms with Gasteiger partial charge in [-0.15, -0.1) is 0 Å². The summed E-state index contributed by atoms with van der Waals surface area (Å²) in [6.07, 6.45) is 8.27. The van der Waals surface area contributed by atoms with Crippen molar-refractivity contribution in [1.82, 2.24) is 9.97 Å². The van der Waals surface area contributed by atoms with Crippen LogP contribution in [-0.4, -0.2) is 16.0 Å². The molecule has 1 aliphatic carbocycles. The van der Waals surface area contributed by atoms with Crippen molar-refractivity contribution in [2.75, 3.05) is 4.90 Å². The standard InChI is InChI=1S/C29H23N3O/c1-20-22(24-11-7-9-17-31-24)18-21(23-10-6-8-16-30-23)19-27(20)32-25-12-2-4-14-28(25)33-29-15-5-3-13-26(29)32/h2-20,27H,1H3. The largest absolute Gasteiger partial charge is 0.453 e. The van der Waals surface area contributed by atoms with E-state index in [9.17, 15) is 0 Å². The zero-order valence-corrected chi connectivity index (χ0v) is 18.3. The number of benzene rings is 2. The molecule has 2 aliphatic rings. The highest BCUT2D eigenvalue weighted by Crippen LogP contribution is 2.50. The Balaban J connectivity index is 1.55. The van der Waals surface area contributed by atoms with Crippen LogP contribution in [-0.2, 0) is 0 Å². The van der Waals surface area contributed by atoms with Crippen molar-refractivity contribution in [2.45, 2.75) is 13.0 Å². The molecule has 160 valence electrons. The first-order valence-corrected chi connectivity index (χ1v) is 11.2. The second-order valence-electron chi connectivity index (χ2n) is 8.34. The molecule has 4 nitrogen and oxygen atoms in total. The van der Waals surface area contributed by atoms with Gasteiger partial charge in [0.2, 0.25) is 0 Å². The first kappa shape index (κ1) is 19.5. The fourth-order valence-electron chi connectivity index (χ4n) is 4.75. The van der Waals surface area contributed by atoms with Crippen molar-refractivity contribution in [3.8, 4) is 11.5 Å². The maximum Gasteiger partial charge on any atom is 0.151 e. The Kier molecular flexibility index (Phi) is 4.76. The number of allylic oxidation sites excluding steroid dienone is 2. The van der Waals surface area contributed by atoms with Crippen LogP contribution < -0.4 is 9.64 Å². The lowest BCUT2D eigenvalue weighted by Crippen LogP contribution is -2.38. The maximum absolute atomic E-state index is 6.26. The molecule has 0 radical (unpaired) electrons. The predicted octanol–water partition coefficient (Wildman–Crippen LogP) is 6.91. The number of hydrogen-bond donors (Lipinski definition) is 0. The van der Waals surface area contributed by atoms with Crippen LogP contribution in [0.1, 0.15) is 18.3 Å². The SMILES string of the molecule is CC1C(c2ccccn2)=CC(c2ccccn2)=CC1N1c2ccccc2Oc2ccccc21. The van der Waals surface area contributed by atoms with Gasteiger partial charge in [-0.3, -0.25) is 9.97 Å². The second-order valence-corrected chi connectivity index (χ2v) is 8.34. The molecule has 2 atom stereocenters. The topological polar surface area (TPSA) is 38.2 Å². The van der Waals surface area contributed by atoms with Gasteiger partial charge in [0.25, 0.3) is 0 Å². The predicted molar refractivity (Wildman–Crippen MR) is 132 cm³/mol. The number of fused-ring (bicyclic) bond motifs is 2. The van der Waals surface area contributed by atoms with E-state index >= 15 is 0 Å². The van der Waals surface area contributed by atoms with Crippen molar-refractivity contribution >= 4 is 22.5 Å². The molecule has 1 aliphatic heterocycles. The van der Waals surface area contributed by atoms with Gasteiger partial charge in [-0.2, -0.15) is 0 Å². The third-order valence-corrected chi connectivity index (χ3v) is 6.35. The quantitative estimate of drug-likeness (QED) is 0.355. The van der Waals surface area contributed by atoms with Gasteiger partial charge < -0.3 is 9.64 Å². The number of ether oxygens (including phenoxy) is 1. The van der Waals surface area contributed by atoms with Crippen LogP contribution in [0.3, 0.4) is 0 Å². The molecule has 2 unspecified atom stereocenters. The molecule has 2 aromatic carbocycles. The summed E-state index contributed by atoms with van der Waals surface area (Å²) >= 11 is 0. The van der Waals surface area contributed by atoms with Gasteiger partial charge in [0.05, 0.1) is 28.8 Å². The minimum Gasteiger partial charge on any atom is -0.453 e. The summed E-state index contributed by atoms with van der Waals surface area (Å²) in [5.74, 6) is 1.92. The molecule has 4 heteroatoms. The monoisotopic (exact) mass is 429 g/mol. The highest BCUT2D eigenvalue weighted by atomic mass is 16.5. The van der Waals surface area contributed by atoms with Crippen LogP contribution in [0.2, 0.25) is 0 Å². The van der Waals surface area contributed by atoms with Crippen LogP contribution in [0, 0.1) is 5.92 Å². The molecule has 0 fully saturated rings. The number of hydrogen-bond acceptors (Lipinski definition) is 4. The molecule has 0 spiro atoms. The molecule has 0 saturated heterocycles. The highest BCUT2D eigenvalue weighted by Gasteiger charge is 2.35. The van der Waals surface area contributed by atoms with E-state index in [0.717, 1.165) is 39.8 Å². The Bertz CT molecular complexity index is 1320.